The van der Waals surface area contributed by atoms with Crippen LogP contribution in [-0.4, -0.2) is 24.3 Å². The number of hydrogen-bond acceptors (Lipinski definition) is 3. The molecule has 1 aromatic rings. The van der Waals surface area contributed by atoms with E-state index in [4.69, 9.17) is 9.52 Å². The number of aliphatic hydroxyl groups excluding tert-OH is 1. The van der Waals surface area contributed by atoms with E-state index in [0.717, 1.165) is 30.6 Å². The quantitative estimate of drug-likeness (QED) is 0.715. The van der Waals surface area contributed by atoms with Gasteiger partial charge in [-0.2, -0.15) is 0 Å². The summed E-state index contributed by atoms with van der Waals surface area (Å²) in [4.78, 5) is 11.4. The fourth-order valence-electron chi connectivity index (χ4n) is 2.02. The SMILES string of the molecule is O=C(NCCO)NC1CCCc2occc21. The summed E-state index contributed by atoms with van der Waals surface area (Å²) >= 11 is 0. The Morgan fingerprint density at radius 2 is 2.50 bits per heavy atom. The maximum absolute atomic E-state index is 11.4. The van der Waals surface area contributed by atoms with Gasteiger partial charge in [-0.3, -0.25) is 0 Å². The molecule has 0 bridgehead atoms. The standard InChI is InChI=1S/C11H16N2O3/c14-6-5-12-11(15)13-9-2-1-3-10-8(9)4-7-16-10/h4,7,9,14H,1-3,5-6H2,(H2,12,13,15). The summed E-state index contributed by atoms with van der Waals surface area (Å²) in [6.07, 6.45) is 4.56. The van der Waals surface area contributed by atoms with Gasteiger partial charge >= 0.3 is 6.03 Å². The monoisotopic (exact) mass is 224 g/mol. The van der Waals surface area contributed by atoms with Crippen molar-refractivity contribution in [2.24, 2.45) is 0 Å². The lowest BCUT2D eigenvalue weighted by Gasteiger charge is -2.22. The van der Waals surface area contributed by atoms with Gasteiger partial charge in [-0.25, -0.2) is 4.79 Å². The molecule has 1 atom stereocenters. The van der Waals surface area contributed by atoms with Crippen LogP contribution in [0.15, 0.2) is 16.7 Å². The zero-order chi connectivity index (χ0) is 11.4. The summed E-state index contributed by atoms with van der Waals surface area (Å²) in [5.74, 6) is 0.971. The molecular weight excluding hydrogens is 208 g/mol. The molecule has 1 aliphatic rings. The number of amides is 2. The van der Waals surface area contributed by atoms with Gasteiger partial charge in [-0.05, 0) is 18.9 Å². The van der Waals surface area contributed by atoms with E-state index in [9.17, 15) is 4.79 Å². The van der Waals surface area contributed by atoms with E-state index < -0.39 is 0 Å². The molecule has 1 unspecified atom stereocenters. The molecule has 1 heterocycles. The Hall–Kier alpha value is -1.49. The van der Waals surface area contributed by atoms with Gasteiger partial charge in [0.1, 0.15) is 5.76 Å². The number of furan rings is 1. The summed E-state index contributed by atoms with van der Waals surface area (Å²) in [5.41, 5.74) is 1.07. The van der Waals surface area contributed by atoms with Gasteiger partial charge in [0.05, 0.1) is 18.9 Å². The van der Waals surface area contributed by atoms with Crippen LogP contribution in [0.3, 0.4) is 0 Å². The number of fused-ring (bicyclic) bond motifs is 1. The maximum Gasteiger partial charge on any atom is 0.315 e. The summed E-state index contributed by atoms with van der Waals surface area (Å²) in [7, 11) is 0. The third-order valence-electron chi connectivity index (χ3n) is 2.75. The van der Waals surface area contributed by atoms with Gasteiger partial charge in [0.15, 0.2) is 0 Å². The number of rotatable bonds is 3. The van der Waals surface area contributed by atoms with Crippen LogP contribution in [0.2, 0.25) is 0 Å². The van der Waals surface area contributed by atoms with Crippen LogP contribution in [0.5, 0.6) is 0 Å². The largest absolute Gasteiger partial charge is 0.469 e. The fraction of sp³-hybridized carbons (Fsp3) is 0.545. The van der Waals surface area contributed by atoms with Gasteiger partial charge in [-0.15, -0.1) is 0 Å². The van der Waals surface area contributed by atoms with Crippen molar-refractivity contribution in [3.63, 3.8) is 0 Å². The summed E-state index contributed by atoms with van der Waals surface area (Å²) < 4.78 is 5.34. The molecule has 1 aliphatic carbocycles. The molecular formula is C11H16N2O3. The molecule has 0 spiro atoms. The Morgan fingerprint density at radius 1 is 1.62 bits per heavy atom. The van der Waals surface area contributed by atoms with Gasteiger partial charge in [0.25, 0.3) is 0 Å². The Labute approximate surface area is 93.8 Å². The first-order valence-corrected chi connectivity index (χ1v) is 5.52. The van der Waals surface area contributed by atoms with Crippen LogP contribution in [0.25, 0.3) is 0 Å². The molecule has 5 heteroatoms. The van der Waals surface area contributed by atoms with Gasteiger partial charge in [-0.1, -0.05) is 0 Å². The van der Waals surface area contributed by atoms with Crippen LogP contribution in [0.4, 0.5) is 4.79 Å². The molecule has 0 saturated heterocycles. The first-order valence-electron chi connectivity index (χ1n) is 5.52. The average Bonchev–Trinajstić information content (AvgIpc) is 2.75. The number of carbonyl (C=O) groups excluding carboxylic acids is 1. The molecule has 88 valence electrons. The van der Waals surface area contributed by atoms with Crippen molar-refractivity contribution < 1.29 is 14.3 Å². The molecule has 5 nitrogen and oxygen atoms in total. The first kappa shape index (κ1) is 11.0. The van der Waals surface area contributed by atoms with Crippen molar-refractivity contribution in [3.05, 3.63) is 23.7 Å². The third kappa shape index (κ3) is 2.36. The smallest absolute Gasteiger partial charge is 0.315 e. The summed E-state index contributed by atoms with van der Waals surface area (Å²) in [6, 6.07) is 1.69. The predicted octanol–water partition coefficient (Wildman–Crippen LogP) is 0.948. The van der Waals surface area contributed by atoms with E-state index in [0.29, 0.717) is 0 Å². The van der Waals surface area contributed by atoms with Crippen molar-refractivity contribution in [1.29, 1.82) is 0 Å². The van der Waals surface area contributed by atoms with Crippen molar-refractivity contribution in [3.8, 4) is 0 Å². The van der Waals surface area contributed by atoms with E-state index in [1.54, 1.807) is 6.26 Å². The van der Waals surface area contributed by atoms with E-state index in [1.165, 1.54) is 0 Å². The van der Waals surface area contributed by atoms with Crippen LogP contribution in [0, 0.1) is 0 Å². The number of aliphatic hydroxyl groups is 1. The minimum atomic E-state index is -0.242. The van der Waals surface area contributed by atoms with E-state index in [1.807, 2.05) is 6.07 Å². The first-order chi connectivity index (χ1) is 7.81. The van der Waals surface area contributed by atoms with Crippen molar-refractivity contribution in [2.75, 3.05) is 13.2 Å². The highest BCUT2D eigenvalue weighted by atomic mass is 16.3. The van der Waals surface area contributed by atoms with E-state index in [2.05, 4.69) is 10.6 Å². The van der Waals surface area contributed by atoms with Crippen molar-refractivity contribution in [2.45, 2.75) is 25.3 Å². The second kappa shape index (κ2) is 5.03. The van der Waals surface area contributed by atoms with Gasteiger partial charge in [0, 0.05) is 18.5 Å². The van der Waals surface area contributed by atoms with E-state index >= 15 is 0 Å². The highest BCUT2D eigenvalue weighted by Gasteiger charge is 2.23. The van der Waals surface area contributed by atoms with Crippen molar-refractivity contribution in [1.82, 2.24) is 10.6 Å². The Morgan fingerprint density at radius 3 is 3.31 bits per heavy atom. The molecule has 0 fully saturated rings. The van der Waals surface area contributed by atoms with Crippen LogP contribution in [-0.2, 0) is 6.42 Å². The lowest BCUT2D eigenvalue weighted by Crippen LogP contribution is -2.39. The third-order valence-corrected chi connectivity index (χ3v) is 2.75. The van der Waals surface area contributed by atoms with Gasteiger partial charge in [0.2, 0.25) is 0 Å². The highest BCUT2D eigenvalue weighted by Crippen LogP contribution is 2.30. The molecule has 0 aliphatic heterocycles. The molecule has 0 radical (unpaired) electrons. The Kier molecular flexibility index (Phi) is 3.46. The molecule has 1 aromatic heterocycles. The molecule has 16 heavy (non-hydrogen) atoms. The average molecular weight is 224 g/mol. The number of nitrogens with one attached hydrogen (secondary N) is 2. The molecule has 0 aromatic carbocycles. The molecule has 3 N–H and O–H groups in total. The fourth-order valence-corrected chi connectivity index (χ4v) is 2.02. The topological polar surface area (TPSA) is 74.5 Å². The molecule has 0 saturated carbocycles. The number of hydrogen-bond donors (Lipinski definition) is 3. The van der Waals surface area contributed by atoms with Crippen LogP contribution < -0.4 is 10.6 Å². The molecule has 2 amide bonds. The Balaban J connectivity index is 1.94. The lowest BCUT2D eigenvalue weighted by atomic mass is 9.93. The number of urea groups is 1. The summed E-state index contributed by atoms with van der Waals surface area (Å²) in [6.45, 7) is 0.228. The Bertz CT molecular complexity index is 362. The van der Waals surface area contributed by atoms with Crippen LogP contribution in [0.1, 0.15) is 30.2 Å². The minimum absolute atomic E-state index is 0.0289. The minimum Gasteiger partial charge on any atom is -0.469 e. The zero-order valence-corrected chi connectivity index (χ0v) is 9.03. The van der Waals surface area contributed by atoms with Crippen molar-refractivity contribution >= 4 is 6.03 Å². The second-order valence-electron chi connectivity index (χ2n) is 3.87. The lowest BCUT2D eigenvalue weighted by molar-refractivity contribution is 0.229. The summed E-state index contributed by atoms with van der Waals surface area (Å²) in [5, 5.41) is 14.0. The van der Waals surface area contributed by atoms with Crippen LogP contribution >= 0.6 is 0 Å². The maximum atomic E-state index is 11.4. The highest BCUT2D eigenvalue weighted by molar-refractivity contribution is 5.74. The van der Waals surface area contributed by atoms with Gasteiger partial charge < -0.3 is 20.2 Å². The molecule has 2 rings (SSSR count). The number of carbonyl (C=O) groups is 1. The number of aryl methyl sites for hydroxylation is 1. The van der Waals surface area contributed by atoms with E-state index in [-0.39, 0.29) is 25.2 Å². The normalized spacial score (nSPS) is 18.9. The predicted molar refractivity (Wildman–Crippen MR) is 58.0 cm³/mol. The second-order valence-corrected chi connectivity index (χ2v) is 3.87. The zero-order valence-electron chi connectivity index (χ0n) is 9.03.